The van der Waals surface area contributed by atoms with E-state index in [0.29, 0.717) is 13.1 Å². The number of carbonyl (C=O) groups is 2. The maximum Gasteiger partial charge on any atom is 0.265 e. The average Bonchev–Trinajstić information content (AvgIpc) is 3.71. The van der Waals surface area contributed by atoms with Gasteiger partial charge in [-0.3, -0.25) is 19.4 Å². The van der Waals surface area contributed by atoms with Crippen LogP contribution < -0.4 is 0 Å². The molecule has 1 fully saturated rings. The van der Waals surface area contributed by atoms with Crippen LogP contribution in [0.4, 0.5) is 0 Å². The molecule has 0 atom stereocenters. The Labute approximate surface area is 267 Å². The zero-order valence-corrected chi connectivity index (χ0v) is 26.4. The first-order valence-electron chi connectivity index (χ1n) is 14.3. The lowest BCUT2D eigenvalue weighted by molar-refractivity contribution is -0.133. The number of thiophene rings is 2. The number of amides is 2. The number of benzene rings is 2. The van der Waals surface area contributed by atoms with E-state index in [9.17, 15) is 9.59 Å². The number of rotatable bonds is 6. The summed E-state index contributed by atoms with van der Waals surface area (Å²) in [4.78, 5) is 34.7. The van der Waals surface area contributed by atoms with Crippen LogP contribution >= 0.6 is 34.9 Å². The second-order valence-corrected chi connectivity index (χ2v) is 12.9. The number of ether oxygens (including phenoxy) is 1. The number of likely N-dealkylation sites (N-methyl/N-ethyl adjacent to an activating group) is 2. The van der Waals surface area contributed by atoms with E-state index in [4.69, 9.17) is 17.0 Å². The second-order valence-electron chi connectivity index (χ2n) is 10.3. The van der Waals surface area contributed by atoms with Gasteiger partial charge in [0.25, 0.3) is 11.8 Å². The van der Waals surface area contributed by atoms with E-state index in [1.807, 2.05) is 56.3 Å². The highest BCUT2D eigenvalue weighted by atomic mass is 32.1. The Balaban J connectivity index is 1.25. The molecule has 7 rings (SSSR count). The Morgan fingerprint density at radius 2 is 1.23 bits per heavy atom. The van der Waals surface area contributed by atoms with Crippen molar-refractivity contribution in [2.75, 3.05) is 13.1 Å². The number of aromatic amines is 1. The van der Waals surface area contributed by atoms with Crippen LogP contribution in [0.25, 0.3) is 44.1 Å². The van der Waals surface area contributed by atoms with Crippen molar-refractivity contribution in [3.8, 4) is 0 Å². The Morgan fingerprint density at radius 1 is 0.750 bits per heavy atom. The first kappa shape index (κ1) is 28.2. The molecule has 5 aromatic rings. The predicted octanol–water partition coefficient (Wildman–Crippen LogP) is 8.32. The molecule has 0 bridgehead atoms. The predicted molar refractivity (Wildman–Crippen MR) is 185 cm³/mol. The van der Waals surface area contributed by atoms with Gasteiger partial charge in [-0.05, 0) is 68.1 Å². The van der Waals surface area contributed by atoms with Crippen molar-refractivity contribution in [2.24, 2.45) is 0 Å². The minimum atomic E-state index is -0.346. The summed E-state index contributed by atoms with van der Waals surface area (Å²) < 4.78 is 8.59. The first-order chi connectivity index (χ1) is 21.4. The van der Waals surface area contributed by atoms with Crippen LogP contribution in [0.15, 0.2) is 96.1 Å². The van der Waals surface area contributed by atoms with Gasteiger partial charge in [-0.2, -0.15) is 0 Å². The number of hydrogen-bond donors (Lipinski definition) is 1. The summed E-state index contributed by atoms with van der Waals surface area (Å²) in [6.07, 6.45) is 8.02. The van der Waals surface area contributed by atoms with Crippen molar-refractivity contribution in [3.05, 3.63) is 117 Å². The number of nitrogens with one attached hydrogen (secondary N) is 1. The Kier molecular flexibility index (Phi) is 7.37. The summed E-state index contributed by atoms with van der Waals surface area (Å²) in [6.45, 7) is 4.54. The minimum Gasteiger partial charge on any atom is -0.456 e. The molecule has 6 nitrogen and oxygen atoms in total. The largest absolute Gasteiger partial charge is 0.456 e. The van der Waals surface area contributed by atoms with Crippen molar-refractivity contribution in [2.45, 2.75) is 13.8 Å². The van der Waals surface area contributed by atoms with Gasteiger partial charge < -0.3 is 9.72 Å². The van der Waals surface area contributed by atoms with Crippen molar-refractivity contribution in [1.29, 1.82) is 0 Å². The van der Waals surface area contributed by atoms with E-state index in [1.54, 1.807) is 28.7 Å². The molecule has 0 unspecified atom stereocenters. The third-order valence-corrected chi connectivity index (χ3v) is 10.3. The summed E-state index contributed by atoms with van der Waals surface area (Å²) in [5.41, 5.74) is 5.25. The number of fused-ring (bicyclic) bond motifs is 3. The molecule has 2 aliphatic heterocycles. The van der Waals surface area contributed by atoms with Crippen LogP contribution in [0, 0.1) is 0 Å². The van der Waals surface area contributed by atoms with Gasteiger partial charge >= 0.3 is 0 Å². The molecule has 0 saturated carbocycles. The van der Waals surface area contributed by atoms with Crippen LogP contribution in [0.5, 0.6) is 0 Å². The zero-order chi connectivity index (χ0) is 30.4. The first-order valence-corrected chi connectivity index (χ1v) is 16.4. The number of H-pyrrole nitrogens is 1. The fourth-order valence-electron chi connectivity index (χ4n) is 5.41. The highest BCUT2D eigenvalue weighted by Gasteiger charge is 2.38. The Bertz CT molecular complexity index is 1990. The number of hydrogen-bond acceptors (Lipinski definition) is 6. The van der Waals surface area contributed by atoms with Gasteiger partial charge in [0.15, 0.2) is 5.11 Å². The molecule has 218 valence electrons. The third-order valence-electron chi connectivity index (χ3n) is 7.55. The number of carbonyl (C=O) groups excluding carboxylic acids is 2. The third kappa shape index (κ3) is 5.02. The Morgan fingerprint density at radius 3 is 1.70 bits per heavy atom. The molecule has 0 radical (unpaired) electrons. The number of thiocarbonyl (C=S) groups is 1. The average molecular weight is 634 g/mol. The molecule has 1 saturated heterocycles. The molecular weight excluding hydrogens is 607 g/mol. The number of nitrogens with zero attached hydrogens (tertiary/aromatic N) is 2. The highest BCUT2D eigenvalue weighted by molar-refractivity contribution is 7.80. The van der Waals surface area contributed by atoms with Gasteiger partial charge in [-0.1, -0.05) is 60.7 Å². The molecule has 2 aromatic carbocycles. The standard InChI is InChI=1S/C35H27N3O3S3/c1-3-37-33(39)26(34(40)38(4-2)35(37)42)18-25-20-28-32(44-25)31-27(36-28)19-24(43-31)15-21-16-29(22-11-7-5-8-12-22)41-30(17-21)23-13-9-6-10-14-23/h5-20,36H,3-4H2,1-2H3. The molecule has 0 aliphatic carbocycles. The lowest BCUT2D eigenvalue weighted by atomic mass is 10.0. The van der Waals surface area contributed by atoms with Crippen molar-refractivity contribution >= 4 is 95.9 Å². The molecule has 3 aromatic heterocycles. The monoisotopic (exact) mass is 633 g/mol. The van der Waals surface area contributed by atoms with E-state index in [-0.39, 0.29) is 22.5 Å². The van der Waals surface area contributed by atoms with Crippen molar-refractivity contribution in [1.82, 2.24) is 14.8 Å². The molecule has 2 aliphatic rings. The summed E-state index contributed by atoms with van der Waals surface area (Å²) in [5.74, 6) is 0.910. The number of aromatic nitrogens is 1. The van der Waals surface area contributed by atoms with Crippen molar-refractivity contribution < 1.29 is 14.3 Å². The summed E-state index contributed by atoms with van der Waals surface area (Å²) in [6, 6.07) is 24.4. The van der Waals surface area contributed by atoms with Gasteiger partial charge in [0.05, 0.1) is 20.4 Å². The molecule has 2 amide bonds. The number of allylic oxidation sites excluding steroid dienone is 3. The topological polar surface area (TPSA) is 65.6 Å². The molecule has 0 spiro atoms. The van der Waals surface area contributed by atoms with E-state index < -0.39 is 0 Å². The fraction of sp³-hybridized carbons (Fsp3) is 0.114. The minimum absolute atomic E-state index is 0.139. The van der Waals surface area contributed by atoms with Crippen LogP contribution in [-0.4, -0.2) is 44.8 Å². The highest BCUT2D eigenvalue weighted by Crippen LogP contribution is 2.40. The fourth-order valence-corrected chi connectivity index (χ4v) is 8.13. The van der Waals surface area contributed by atoms with E-state index in [1.165, 1.54) is 9.80 Å². The van der Waals surface area contributed by atoms with E-state index in [0.717, 1.165) is 58.4 Å². The van der Waals surface area contributed by atoms with Gasteiger partial charge in [-0.15, -0.1) is 22.7 Å². The molecule has 44 heavy (non-hydrogen) atoms. The summed E-state index contributed by atoms with van der Waals surface area (Å²) >= 11 is 8.67. The van der Waals surface area contributed by atoms with E-state index >= 15 is 0 Å². The smallest absolute Gasteiger partial charge is 0.265 e. The normalized spacial score (nSPS) is 15.6. The zero-order valence-electron chi connectivity index (χ0n) is 24.0. The molecule has 9 heteroatoms. The second kappa shape index (κ2) is 11.5. The van der Waals surface area contributed by atoms with E-state index in [2.05, 4.69) is 53.5 Å². The maximum absolute atomic E-state index is 13.1. The van der Waals surface area contributed by atoms with Crippen LogP contribution in [0.3, 0.4) is 0 Å². The quantitative estimate of drug-likeness (QED) is 0.116. The van der Waals surface area contributed by atoms with Crippen LogP contribution in [0.1, 0.15) is 34.7 Å². The van der Waals surface area contributed by atoms with Gasteiger partial charge in [-0.25, -0.2) is 0 Å². The van der Waals surface area contributed by atoms with Crippen LogP contribution in [-0.2, 0) is 14.3 Å². The van der Waals surface area contributed by atoms with Gasteiger partial charge in [0.1, 0.15) is 17.1 Å². The molecular formula is C35H27N3O3S3. The molecule has 1 N–H and O–H groups in total. The summed E-state index contributed by atoms with van der Waals surface area (Å²) in [7, 11) is 0. The lowest BCUT2D eigenvalue weighted by Gasteiger charge is -2.35. The van der Waals surface area contributed by atoms with Gasteiger partial charge in [0, 0.05) is 34.0 Å². The summed E-state index contributed by atoms with van der Waals surface area (Å²) in [5, 5.41) is 0.267. The SMILES string of the molecule is CCN1C(=O)C(=Cc2cc3[nH]c4cc(C=C5C=C(c6ccccc6)OC(c6ccccc6)=C5)sc4c3s2)C(=O)N(CC)C1=S. The Hall–Kier alpha value is -4.57. The van der Waals surface area contributed by atoms with Gasteiger partial charge in [0.2, 0.25) is 0 Å². The molecule has 5 heterocycles. The van der Waals surface area contributed by atoms with Crippen LogP contribution in [0.2, 0.25) is 0 Å². The lowest BCUT2D eigenvalue weighted by Crippen LogP contribution is -2.55. The van der Waals surface area contributed by atoms with Crippen molar-refractivity contribution in [3.63, 3.8) is 0 Å². The maximum atomic E-state index is 13.1.